The molecule has 116 valence electrons. The van der Waals surface area contributed by atoms with Gasteiger partial charge < -0.3 is 10.1 Å². The van der Waals surface area contributed by atoms with Crippen LogP contribution < -0.4 is 5.32 Å². The van der Waals surface area contributed by atoms with Crippen molar-refractivity contribution in [2.75, 3.05) is 12.4 Å². The van der Waals surface area contributed by atoms with Crippen molar-refractivity contribution < 1.29 is 14.3 Å². The molecule has 0 unspecified atom stereocenters. The van der Waals surface area contributed by atoms with E-state index in [9.17, 15) is 9.59 Å². The third kappa shape index (κ3) is 3.04. The number of halogens is 1. The number of rotatable bonds is 3. The lowest BCUT2D eigenvalue weighted by atomic mass is 10.1. The summed E-state index contributed by atoms with van der Waals surface area (Å²) in [6.45, 7) is 0. The van der Waals surface area contributed by atoms with Gasteiger partial charge in [-0.15, -0.1) is 11.3 Å². The Hall–Kier alpha value is -2.44. The minimum absolute atomic E-state index is 0.279. The van der Waals surface area contributed by atoms with Crippen molar-refractivity contribution in [2.45, 2.75) is 0 Å². The summed E-state index contributed by atoms with van der Waals surface area (Å²) in [5, 5.41) is 3.38. The van der Waals surface area contributed by atoms with Crippen molar-refractivity contribution in [1.29, 1.82) is 0 Å². The summed E-state index contributed by atoms with van der Waals surface area (Å²) in [6, 6.07) is 9.67. The third-order valence-corrected chi connectivity index (χ3v) is 4.42. The van der Waals surface area contributed by atoms with Crippen LogP contribution >= 0.6 is 22.9 Å². The second kappa shape index (κ2) is 6.36. The molecule has 1 heterocycles. The van der Waals surface area contributed by atoms with Crippen molar-refractivity contribution in [1.82, 2.24) is 4.98 Å². The van der Waals surface area contributed by atoms with Gasteiger partial charge in [0, 0.05) is 5.56 Å². The van der Waals surface area contributed by atoms with Crippen LogP contribution in [0.1, 0.15) is 20.7 Å². The second-order valence-electron chi connectivity index (χ2n) is 4.65. The van der Waals surface area contributed by atoms with Crippen molar-refractivity contribution in [3.05, 3.63) is 58.1 Å². The number of amides is 1. The van der Waals surface area contributed by atoms with E-state index in [2.05, 4.69) is 15.0 Å². The fourth-order valence-corrected chi connectivity index (χ4v) is 3.13. The predicted octanol–water partition coefficient (Wildman–Crippen LogP) is 3.99. The highest BCUT2D eigenvalue weighted by Gasteiger charge is 2.13. The number of ether oxygens (including phenoxy) is 1. The molecule has 23 heavy (non-hydrogen) atoms. The summed E-state index contributed by atoms with van der Waals surface area (Å²) >= 11 is 7.48. The van der Waals surface area contributed by atoms with Gasteiger partial charge in [-0.2, -0.15) is 0 Å². The molecule has 2 aromatic carbocycles. The fourth-order valence-electron chi connectivity index (χ4n) is 2.09. The van der Waals surface area contributed by atoms with Crippen LogP contribution in [0, 0.1) is 0 Å². The molecular formula is C16H11ClN2O3S. The van der Waals surface area contributed by atoms with Crippen LogP contribution in [0.4, 0.5) is 5.69 Å². The Kier molecular flexibility index (Phi) is 4.27. The van der Waals surface area contributed by atoms with E-state index >= 15 is 0 Å². The summed E-state index contributed by atoms with van der Waals surface area (Å²) in [4.78, 5) is 27.9. The molecule has 3 rings (SSSR count). The van der Waals surface area contributed by atoms with Crippen LogP contribution in [0.15, 0.2) is 41.9 Å². The summed E-state index contributed by atoms with van der Waals surface area (Å²) in [7, 11) is 1.31. The second-order valence-corrected chi connectivity index (χ2v) is 5.91. The quantitative estimate of drug-likeness (QED) is 0.728. The lowest BCUT2D eigenvalue weighted by molar-refractivity contribution is 0.0600. The first kappa shape index (κ1) is 15.5. The van der Waals surface area contributed by atoms with Gasteiger partial charge in [-0.1, -0.05) is 11.6 Å². The number of hydrogen-bond donors (Lipinski definition) is 1. The van der Waals surface area contributed by atoms with Crippen molar-refractivity contribution >= 4 is 50.7 Å². The van der Waals surface area contributed by atoms with Gasteiger partial charge in [0.25, 0.3) is 5.91 Å². The molecule has 0 bridgehead atoms. The number of esters is 1. The van der Waals surface area contributed by atoms with Gasteiger partial charge in [0.1, 0.15) is 5.52 Å². The highest BCUT2D eigenvalue weighted by atomic mass is 35.5. The molecule has 5 nitrogen and oxygen atoms in total. The Labute approximate surface area is 140 Å². The molecule has 0 saturated heterocycles. The maximum Gasteiger partial charge on any atom is 0.337 e. The normalized spacial score (nSPS) is 10.5. The van der Waals surface area contributed by atoms with Crippen LogP contribution in [0.2, 0.25) is 5.02 Å². The van der Waals surface area contributed by atoms with E-state index in [1.54, 1.807) is 41.9 Å². The summed E-state index contributed by atoms with van der Waals surface area (Å²) in [5.74, 6) is -0.723. The molecule has 0 aliphatic heterocycles. The van der Waals surface area contributed by atoms with Crippen LogP contribution in [-0.4, -0.2) is 24.0 Å². The van der Waals surface area contributed by atoms with E-state index in [0.29, 0.717) is 27.4 Å². The van der Waals surface area contributed by atoms with Gasteiger partial charge in [0.05, 0.1) is 33.6 Å². The first-order valence-corrected chi connectivity index (χ1v) is 7.87. The van der Waals surface area contributed by atoms with Crippen LogP contribution in [0.25, 0.3) is 10.2 Å². The van der Waals surface area contributed by atoms with Gasteiger partial charge >= 0.3 is 5.97 Å². The van der Waals surface area contributed by atoms with Gasteiger partial charge in [-0.3, -0.25) is 4.79 Å². The Balaban J connectivity index is 1.85. The third-order valence-electron chi connectivity index (χ3n) is 3.25. The molecule has 0 fully saturated rings. The monoisotopic (exact) mass is 346 g/mol. The van der Waals surface area contributed by atoms with Crippen LogP contribution in [0.5, 0.6) is 0 Å². The van der Waals surface area contributed by atoms with Crippen molar-refractivity contribution in [3.63, 3.8) is 0 Å². The first-order chi connectivity index (χ1) is 11.1. The predicted molar refractivity (Wildman–Crippen MR) is 90.4 cm³/mol. The van der Waals surface area contributed by atoms with E-state index < -0.39 is 5.97 Å². The number of hydrogen-bond acceptors (Lipinski definition) is 5. The maximum atomic E-state index is 12.3. The minimum atomic E-state index is -0.443. The van der Waals surface area contributed by atoms with Gasteiger partial charge in [-0.25, -0.2) is 9.78 Å². The van der Waals surface area contributed by atoms with E-state index in [1.807, 2.05) is 0 Å². The molecule has 7 heteroatoms. The minimum Gasteiger partial charge on any atom is -0.465 e. The Morgan fingerprint density at radius 3 is 2.52 bits per heavy atom. The number of nitrogens with one attached hydrogen (secondary N) is 1. The number of benzene rings is 2. The lowest BCUT2D eigenvalue weighted by Gasteiger charge is -2.07. The molecule has 0 spiro atoms. The largest absolute Gasteiger partial charge is 0.465 e. The highest BCUT2D eigenvalue weighted by Crippen LogP contribution is 2.32. The molecule has 0 radical (unpaired) electrons. The standard InChI is InChI=1S/C16H11ClN2O3S/c1-22-16(21)10-4-2-9(3-5-10)15(20)19-12-7-6-11(17)13-14(12)23-8-18-13/h2-8H,1H3,(H,19,20). The first-order valence-electron chi connectivity index (χ1n) is 6.61. The molecular weight excluding hydrogens is 336 g/mol. The number of thiazole rings is 1. The van der Waals surface area contributed by atoms with E-state index in [4.69, 9.17) is 11.6 Å². The fraction of sp³-hybridized carbons (Fsp3) is 0.0625. The van der Waals surface area contributed by atoms with Crippen molar-refractivity contribution in [2.24, 2.45) is 0 Å². The SMILES string of the molecule is COC(=O)c1ccc(C(=O)Nc2ccc(Cl)c3ncsc23)cc1. The number of aromatic nitrogens is 1. The Morgan fingerprint density at radius 1 is 1.13 bits per heavy atom. The maximum absolute atomic E-state index is 12.3. The van der Waals surface area contributed by atoms with E-state index in [1.165, 1.54) is 18.4 Å². The number of methoxy groups -OCH3 is 1. The average Bonchev–Trinajstić information content (AvgIpc) is 3.07. The van der Waals surface area contributed by atoms with Crippen LogP contribution in [-0.2, 0) is 4.74 Å². The molecule has 0 aliphatic rings. The number of carbonyl (C=O) groups is 2. The Bertz CT molecular complexity index is 890. The zero-order chi connectivity index (χ0) is 16.4. The molecule has 3 aromatic rings. The zero-order valence-electron chi connectivity index (χ0n) is 12.0. The summed E-state index contributed by atoms with van der Waals surface area (Å²) in [5.41, 5.74) is 3.81. The molecule has 0 aliphatic carbocycles. The molecule has 1 aromatic heterocycles. The van der Waals surface area contributed by atoms with Gasteiger partial charge in [-0.05, 0) is 36.4 Å². The average molecular weight is 347 g/mol. The van der Waals surface area contributed by atoms with Gasteiger partial charge in [0.15, 0.2) is 0 Å². The number of anilines is 1. The summed E-state index contributed by atoms with van der Waals surface area (Å²) in [6.07, 6.45) is 0. The smallest absolute Gasteiger partial charge is 0.337 e. The molecule has 0 saturated carbocycles. The van der Waals surface area contributed by atoms with Crippen LogP contribution in [0.3, 0.4) is 0 Å². The summed E-state index contributed by atoms with van der Waals surface area (Å²) < 4.78 is 5.44. The lowest BCUT2D eigenvalue weighted by Crippen LogP contribution is -2.12. The van der Waals surface area contributed by atoms with Crippen molar-refractivity contribution in [3.8, 4) is 0 Å². The van der Waals surface area contributed by atoms with E-state index in [-0.39, 0.29) is 5.91 Å². The Morgan fingerprint density at radius 2 is 1.83 bits per heavy atom. The zero-order valence-corrected chi connectivity index (χ0v) is 13.6. The molecule has 1 amide bonds. The highest BCUT2D eigenvalue weighted by molar-refractivity contribution is 7.17. The van der Waals surface area contributed by atoms with Gasteiger partial charge in [0.2, 0.25) is 0 Å². The number of fused-ring (bicyclic) bond motifs is 1. The van der Waals surface area contributed by atoms with E-state index in [0.717, 1.165) is 4.70 Å². The topological polar surface area (TPSA) is 68.3 Å². The number of carbonyl (C=O) groups excluding carboxylic acids is 2. The number of nitrogens with zero attached hydrogens (tertiary/aromatic N) is 1. The molecule has 0 atom stereocenters. The molecule has 1 N–H and O–H groups in total.